The highest BCUT2D eigenvalue weighted by atomic mass is 16.6. The molecular weight excluding hydrogens is 340 g/mol. The monoisotopic (exact) mass is 360 g/mol. The standard InChI is InChI=1S/C23H20O4/c1-23(17-18-11-5-2-6-12-18,21(24)26-19-13-7-3-8-14-19)22(25)27-20-15-9-4-10-16-20/h2-16H,17H2,1H3. The topological polar surface area (TPSA) is 52.6 Å². The van der Waals surface area contributed by atoms with E-state index >= 15 is 0 Å². The largest absolute Gasteiger partial charge is 0.426 e. The molecule has 0 aliphatic rings. The molecular formula is C23H20O4. The van der Waals surface area contributed by atoms with Crippen LogP contribution in [0.2, 0.25) is 0 Å². The van der Waals surface area contributed by atoms with Gasteiger partial charge in [-0.15, -0.1) is 0 Å². The van der Waals surface area contributed by atoms with Crippen LogP contribution in [0.15, 0.2) is 91.0 Å². The molecule has 0 aliphatic carbocycles. The van der Waals surface area contributed by atoms with Crippen LogP contribution in [0.1, 0.15) is 12.5 Å². The molecule has 27 heavy (non-hydrogen) atoms. The second-order valence-corrected chi connectivity index (χ2v) is 6.40. The zero-order valence-corrected chi connectivity index (χ0v) is 15.0. The summed E-state index contributed by atoms with van der Waals surface area (Å²) in [5.74, 6) is -0.541. The quantitative estimate of drug-likeness (QED) is 0.370. The maximum absolute atomic E-state index is 12.9. The minimum absolute atomic E-state index is 0.172. The van der Waals surface area contributed by atoms with Gasteiger partial charge in [-0.2, -0.15) is 0 Å². The average molecular weight is 360 g/mol. The summed E-state index contributed by atoms with van der Waals surface area (Å²) in [6.45, 7) is 1.55. The molecule has 0 N–H and O–H groups in total. The lowest BCUT2D eigenvalue weighted by Crippen LogP contribution is -2.44. The smallest absolute Gasteiger partial charge is 0.328 e. The molecule has 0 heterocycles. The lowest BCUT2D eigenvalue weighted by atomic mass is 9.83. The van der Waals surface area contributed by atoms with Crippen LogP contribution in [0.4, 0.5) is 0 Å². The summed E-state index contributed by atoms with van der Waals surface area (Å²) in [6.07, 6.45) is 0.172. The Morgan fingerprint density at radius 2 is 1.04 bits per heavy atom. The van der Waals surface area contributed by atoms with Crippen LogP contribution in [0, 0.1) is 5.41 Å². The van der Waals surface area contributed by atoms with Crippen molar-refractivity contribution in [3.8, 4) is 11.5 Å². The summed E-state index contributed by atoms with van der Waals surface area (Å²) >= 11 is 0. The van der Waals surface area contributed by atoms with Crippen molar-refractivity contribution in [2.45, 2.75) is 13.3 Å². The Labute approximate surface area is 158 Å². The van der Waals surface area contributed by atoms with E-state index < -0.39 is 17.4 Å². The van der Waals surface area contributed by atoms with E-state index in [1.165, 1.54) is 0 Å². The molecule has 0 radical (unpaired) electrons. The molecule has 0 spiro atoms. The number of para-hydroxylation sites is 2. The van der Waals surface area contributed by atoms with Crippen LogP contribution in [0.5, 0.6) is 11.5 Å². The predicted octanol–water partition coefficient (Wildman–Crippen LogP) is 4.45. The van der Waals surface area contributed by atoms with Crippen LogP contribution >= 0.6 is 0 Å². The minimum atomic E-state index is -1.49. The van der Waals surface area contributed by atoms with Crippen molar-refractivity contribution in [2.24, 2.45) is 5.41 Å². The molecule has 136 valence electrons. The summed E-state index contributed by atoms with van der Waals surface area (Å²) in [6, 6.07) is 26.7. The number of hydrogen-bond acceptors (Lipinski definition) is 4. The Hall–Kier alpha value is -3.40. The molecule has 0 aliphatic heterocycles. The van der Waals surface area contributed by atoms with Gasteiger partial charge in [0.25, 0.3) is 0 Å². The summed E-state index contributed by atoms with van der Waals surface area (Å²) in [5.41, 5.74) is -0.650. The van der Waals surface area contributed by atoms with Crippen molar-refractivity contribution in [1.82, 2.24) is 0 Å². The average Bonchev–Trinajstić information content (AvgIpc) is 2.70. The van der Waals surface area contributed by atoms with Gasteiger partial charge in [0.2, 0.25) is 0 Å². The van der Waals surface area contributed by atoms with E-state index in [0.717, 1.165) is 5.56 Å². The van der Waals surface area contributed by atoms with E-state index in [2.05, 4.69) is 0 Å². The first-order valence-corrected chi connectivity index (χ1v) is 8.66. The third-order valence-corrected chi connectivity index (χ3v) is 4.21. The lowest BCUT2D eigenvalue weighted by Gasteiger charge is -2.25. The van der Waals surface area contributed by atoms with Crippen molar-refractivity contribution in [1.29, 1.82) is 0 Å². The van der Waals surface area contributed by atoms with Gasteiger partial charge in [-0.3, -0.25) is 9.59 Å². The fraction of sp³-hybridized carbons (Fsp3) is 0.130. The Morgan fingerprint density at radius 1 is 0.667 bits per heavy atom. The van der Waals surface area contributed by atoms with Gasteiger partial charge in [-0.1, -0.05) is 66.7 Å². The molecule has 0 unspecified atom stereocenters. The van der Waals surface area contributed by atoms with Gasteiger partial charge in [0.1, 0.15) is 11.5 Å². The van der Waals surface area contributed by atoms with Crippen LogP contribution in [-0.4, -0.2) is 11.9 Å². The summed E-state index contributed by atoms with van der Waals surface area (Å²) in [7, 11) is 0. The van der Waals surface area contributed by atoms with E-state index in [1.54, 1.807) is 55.5 Å². The maximum atomic E-state index is 12.9. The van der Waals surface area contributed by atoms with Gasteiger partial charge in [0, 0.05) is 0 Å². The lowest BCUT2D eigenvalue weighted by molar-refractivity contribution is -0.159. The minimum Gasteiger partial charge on any atom is -0.426 e. The number of carbonyl (C=O) groups excluding carboxylic acids is 2. The van der Waals surface area contributed by atoms with E-state index in [4.69, 9.17) is 9.47 Å². The van der Waals surface area contributed by atoms with Gasteiger partial charge in [0.15, 0.2) is 5.41 Å². The van der Waals surface area contributed by atoms with Gasteiger partial charge in [-0.25, -0.2) is 0 Å². The number of ether oxygens (including phenoxy) is 2. The van der Waals surface area contributed by atoms with Crippen molar-refractivity contribution >= 4 is 11.9 Å². The molecule has 0 saturated heterocycles. The highest BCUT2D eigenvalue weighted by molar-refractivity contribution is 6.01. The molecule has 4 nitrogen and oxygen atoms in total. The molecule has 4 heteroatoms. The number of carbonyl (C=O) groups is 2. The van der Waals surface area contributed by atoms with Gasteiger partial charge >= 0.3 is 11.9 Å². The van der Waals surface area contributed by atoms with Crippen LogP contribution in [0.3, 0.4) is 0 Å². The molecule has 0 atom stereocenters. The van der Waals surface area contributed by atoms with Crippen molar-refractivity contribution in [3.05, 3.63) is 96.6 Å². The third-order valence-electron chi connectivity index (χ3n) is 4.21. The molecule has 0 amide bonds. The Morgan fingerprint density at radius 3 is 1.44 bits per heavy atom. The van der Waals surface area contributed by atoms with E-state index in [9.17, 15) is 9.59 Å². The van der Waals surface area contributed by atoms with Crippen molar-refractivity contribution in [2.75, 3.05) is 0 Å². The SMILES string of the molecule is CC(Cc1ccccc1)(C(=O)Oc1ccccc1)C(=O)Oc1ccccc1. The highest BCUT2D eigenvalue weighted by Gasteiger charge is 2.45. The molecule has 0 fully saturated rings. The third kappa shape index (κ3) is 4.61. The normalized spacial score (nSPS) is 10.9. The maximum Gasteiger partial charge on any atom is 0.328 e. The zero-order valence-electron chi connectivity index (χ0n) is 15.0. The first-order chi connectivity index (χ1) is 13.1. The van der Waals surface area contributed by atoms with Crippen LogP contribution in [0.25, 0.3) is 0 Å². The Kier molecular flexibility index (Phi) is 5.67. The molecule has 3 aromatic carbocycles. The van der Waals surface area contributed by atoms with E-state index in [0.29, 0.717) is 11.5 Å². The number of esters is 2. The first-order valence-electron chi connectivity index (χ1n) is 8.66. The zero-order chi connectivity index (χ0) is 19.1. The predicted molar refractivity (Wildman–Crippen MR) is 102 cm³/mol. The van der Waals surface area contributed by atoms with Crippen LogP contribution < -0.4 is 9.47 Å². The number of rotatable bonds is 6. The van der Waals surface area contributed by atoms with Crippen molar-refractivity contribution in [3.63, 3.8) is 0 Å². The summed E-state index contributed by atoms with van der Waals surface area (Å²) < 4.78 is 10.9. The van der Waals surface area contributed by atoms with Crippen LogP contribution in [-0.2, 0) is 16.0 Å². The van der Waals surface area contributed by atoms with E-state index in [-0.39, 0.29) is 6.42 Å². The second-order valence-electron chi connectivity index (χ2n) is 6.40. The molecule has 3 aromatic rings. The number of benzene rings is 3. The van der Waals surface area contributed by atoms with Gasteiger partial charge in [0.05, 0.1) is 0 Å². The van der Waals surface area contributed by atoms with Gasteiger partial charge in [-0.05, 0) is 43.2 Å². The fourth-order valence-electron chi connectivity index (χ4n) is 2.65. The number of hydrogen-bond donors (Lipinski definition) is 0. The molecule has 0 bridgehead atoms. The fourth-order valence-corrected chi connectivity index (χ4v) is 2.65. The molecule has 0 aromatic heterocycles. The molecule has 3 rings (SSSR count). The molecule has 0 saturated carbocycles. The Balaban J connectivity index is 1.87. The highest BCUT2D eigenvalue weighted by Crippen LogP contribution is 2.28. The first kappa shape index (κ1) is 18.4. The van der Waals surface area contributed by atoms with E-state index in [1.807, 2.05) is 42.5 Å². The summed E-state index contributed by atoms with van der Waals surface area (Å²) in [5, 5.41) is 0. The summed E-state index contributed by atoms with van der Waals surface area (Å²) in [4.78, 5) is 25.9. The van der Waals surface area contributed by atoms with Crippen molar-refractivity contribution < 1.29 is 19.1 Å². The Bertz CT molecular complexity index is 836. The second kappa shape index (κ2) is 8.32. The van der Waals surface area contributed by atoms with Gasteiger partial charge < -0.3 is 9.47 Å².